The number of aromatic nitrogens is 4. The Balaban J connectivity index is 1.46. The van der Waals surface area contributed by atoms with Gasteiger partial charge in [0.15, 0.2) is 5.01 Å². The third-order valence-corrected chi connectivity index (χ3v) is 5.21. The van der Waals surface area contributed by atoms with Gasteiger partial charge >= 0.3 is 0 Å². The SMILES string of the molecule is Cn1nccc1N1CCCC(NC(=O)c2nc3cccnc3s2)C1. The number of pyridine rings is 1. The predicted octanol–water partition coefficient (Wildman–Crippen LogP) is 1.82. The maximum atomic E-state index is 12.5. The van der Waals surface area contributed by atoms with Crippen molar-refractivity contribution < 1.29 is 4.79 Å². The molecule has 3 aromatic rings. The highest BCUT2D eigenvalue weighted by molar-refractivity contribution is 7.19. The van der Waals surface area contributed by atoms with Gasteiger partial charge in [-0.15, -0.1) is 0 Å². The Bertz CT molecular complexity index is 839. The number of rotatable bonds is 3. The number of thiazole rings is 1. The summed E-state index contributed by atoms with van der Waals surface area (Å²) in [6.07, 6.45) is 5.53. The van der Waals surface area contributed by atoms with E-state index < -0.39 is 0 Å². The van der Waals surface area contributed by atoms with Gasteiger partial charge in [0.05, 0.1) is 6.20 Å². The predicted molar refractivity (Wildman–Crippen MR) is 93.3 cm³/mol. The molecule has 4 rings (SSSR count). The molecule has 0 aliphatic carbocycles. The summed E-state index contributed by atoms with van der Waals surface area (Å²) in [6, 6.07) is 5.82. The van der Waals surface area contributed by atoms with Gasteiger partial charge in [-0.3, -0.25) is 9.48 Å². The number of carbonyl (C=O) groups excluding carboxylic acids is 1. The smallest absolute Gasteiger partial charge is 0.280 e. The molecule has 1 amide bonds. The van der Waals surface area contributed by atoms with Crippen LogP contribution in [0.3, 0.4) is 0 Å². The molecule has 1 aliphatic rings. The minimum Gasteiger partial charge on any atom is -0.355 e. The fourth-order valence-corrected chi connectivity index (χ4v) is 3.90. The minimum atomic E-state index is -0.116. The topological polar surface area (TPSA) is 75.9 Å². The first-order valence-corrected chi connectivity index (χ1v) is 8.78. The van der Waals surface area contributed by atoms with E-state index in [1.165, 1.54) is 11.3 Å². The Morgan fingerprint density at radius 3 is 3.08 bits per heavy atom. The zero-order valence-electron chi connectivity index (χ0n) is 13.3. The summed E-state index contributed by atoms with van der Waals surface area (Å²) in [7, 11) is 1.94. The number of amides is 1. The van der Waals surface area contributed by atoms with E-state index in [1.54, 1.807) is 12.4 Å². The van der Waals surface area contributed by atoms with E-state index in [0.717, 1.165) is 42.1 Å². The van der Waals surface area contributed by atoms with E-state index >= 15 is 0 Å². The Labute approximate surface area is 143 Å². The number of nitrogens with zero attached hydrogens (tertiary/aromatic N) is 5. The van der Waals surface area contributed by atoms with Crippen LogP contribution in [0.25, 0.3) is 10.3 Å². The molecule has 1 unspecified atom stereocenters. The second kappa shape index (κ2) is 6.20. The van der Waals surface area contributed by atoms with E-state index in [-0.39, 0.29) is 11.9 Å². The highest BCUT2D eigenvalue weighted by Crippen LogP contribution is 2.21. The lowest BCUT2D eigenvalue weighted by atomic mass is 10.1. The summed E-state index contributed by atoms with van der Waals surface area (Å²) in [6.45, 7) is 1.77. The van der Waals surface area contributed by atoms with Crippen molar-refractivity contribution in [3.63, 3.8) is 0 Å². The average molecular weight is 342 g/mol. The number of carbonyl (C=O) groups is 1. The number of piperidine rings is 1. The van der Waals surface area contributed by atoms with Crippen molar-refractivity contribution >= 4 is 33.4 Å². The third kappa shape index (κ3) is 2.84. The van der Waals surface area contributed by atoms with Crippen LogP contribution >= 0.6 is 11.3 Å². The first-order valence-electron chi connectivity index (χ1n) is 7.96. The molecule has 3 aromatic heterocycles. The van der Waals surface area contributed by atoms with Crippen LogP contribution in [0.2, 0.25) is 0 Å². The number of fused-ring (bicyclic) bond motifs is 1. The van der Waals surface area contributed by atoms with E-state index in [2.05, 4.69) is 25.3 Å². The zero-order valence-corrected chi connectivity index (χ0v) is 14.2. The zero-order chi connectivity index (χ0) is 16.5. The van der Waals surface area contributed by atoms with Gasteiger partial charge in [0.2, 0.25) is 0 Å². The Hall–Kier alpha value is -2.48. The van der Waals surface area contributed by atoms with Crippen LogP contribution in [-0.2, 0) is 7.05 Å². The Morgan fingerprint density at radius 2 is 2.29 bits per heavy atom. The first-order chi connectivity index (χ1) is 11.7. The van der Waals surface area contributed by atoms with Gasteiger partial charge in [-0.25, -0.2) is 9.97 Å². The highest BCUT2D eigenvalue weighted by atomic mass is 32.1. The molecule has 124 valence electrons. The van der Waals surface area contributed by atoms with Gasteiger partial charge in [0.1, 0.15) is 16.2 Å². The largest absolute Gasteiger partial charge is 0.355 e. The molecule has 1 saturated heterocycles. The molecule has 0 saturated carbocycles. The van der Waals surface area contributed by atoms with Gasteiger partial charge in [-0.2, -0.15) is 5.10 Å². The molecule has 8 heteroatoms. The lowest BCUT2D eigenvalue weighted by Gasteiger charge is -2.34. The van der Waals surface area contributed by atoms with Crippen LogP contribution in [0.4, 0.5) is 5.82 Å². The molecule has 1 atom stereocenters. The van der Waals surface area contributed by atoms with Gasteiger partial charge < -0.3 is 10.2 Å². The first kappa shape index (κ1) is 15.1. The van der Waals surface area contributed by atoms with Crippen molar-refractivity contribution in [1.82, 2.24) is 25.1 Å². The monoisotopic (exact) mass is 342 g/mol. The lowest BCUT2D eigenvalue weighted by Crippen LogP contribution is -2.48. The molecular formula is C16H18N6OS. The third-order valence-electron chi connectivity index (χ3n) is 4.24. The number of aryl methyl sites for hydroxylation is 1. The summed E-state index contributed by atoms with van der Waals surface area (Å²) < 4.78 is 1.86. The van der Waals surface area contributed by atoms with Crippen LogP contribution in [0.5, 0.6) is 0 Å². The van der Waals surface area contributed by atoms with Crippen LogP contribution in [-0.4, -0.2) is 44.8 Å². The van der Waals surface area contributed by atoms with Crippen molar-refractivity contribution in [2.24, 2.45) is 7.05 Å². The molecule has 1 fully saturated rings. The average Bonchev–Trinajstić information content (AvgIpc) is 3.21. The molecule has 0 aromatic carbocycles. The molecular weight excluding hydrogens is 324 g/mol. The van der Waals surface area contributed by atoms with Gasteiger partial charge in [0.25, 0.3) is 5.91 Å². The van der Waals surface area contributed by atoms with Crippen LogP contribution in [0.15, 0.2) is 30.6 Å². The fourth-order valence-electron chi connectivity index (χ4n) is 3.09. The van der Waals surface area contributed by atoms with E-state index in [0.29, 0.717) is 5.01 Å². The quantitative estimate of drug-likeness (QED) is 0.786. The molecule has 0 bridgehead atoms. The van der Waals surface area contributed by atoms with Crippen LogP contribution in [0.1, 0.15) is 22.6 Å². The van der Waals surface area contributed by atoms with Gasteiger partial charge in [-0.1, -0.05) is 11.3 Å². The van der Waals surface area contributed by atoms with Gasteiger partial charge in [0, 0.05) is 38.4 Å². The molecule has 1 aliphatic heterocycles. The molecule has 1 N–H and O–H groups in total. The Kier molecular flexibility index (Phi) is 3.89. The number of hydrogen-bond acceptors (Lipinski definition) is 6. The standard InChI is InChI=1S/C16H18N6OS/c1-21-13(6-8-18-21)22-9-3-4-11(10-22)19-14(23)16-20-12-5-2-7-17-15(12)24-16/h2,5-8,11H,3-4,9-10H2,1H3,(H,19,23). The molecule has 24 heavy (non-hydrogen) atoms. The van der Waals surface area contributed by atoms with Crippen molar-refractivity contribution in [2.75, 3.05) is 18.0 Å². The van der Waals surface area contributed by atoms with Crippen molar-refractivity contribution in [3.8, 4) is 0 Å². The van der Waals surface area contributed by atoms with Crippen molar-refractivity contribution in [1.29, 1.82) is 0 Å². The summed E-state index contributed by atoms with van der Waals surface area (Å²) in [5, 5.41) is 7.81. The van der Waals surface area contributed by atoms with E-state index in [4.69, 9.17) is 0 Å². The van der Waals surface area contributed by atoms with Crippen LogP contribution < -0.4 is 10.2 Å². The van der Waals surface area contributed by atoms with E-state index in [1.807, 2.05) is 29.9 Å². The highest BCUT2D eigenvalue weighted by Gasteiger charge is 2.24. The van der Waals surface area contributed by atoms with Crippen molar-refractivity contribution in [3.05, 3.63) is 35.6 Å². The minimum absolute atomic E-state index is 0.112. The number of hydrogen-bond donors (Lipinski definition) is 1. The summed E-state index contributed by atoms with van der Waals surface area (Å²) in [5.74, 6) is 0.966. The molecule has 7 nitrogen and oxygen atoms in total. The summed E-state index contributed by atoms with van der Waals surface area (Å²) in [5.41, 5.74) is 0.771. The second-order valence-electron chi connectivity index (χ2n) is 5.92. The normalized spacial score (nSPS) is 18.0. The maximum Gasteiger partial charge on any atom is 0.280 e. The van der Waals surface area contributed by atoms with Crippen molar-refractivity contribution in [2.45, 2.75) is 18.9 Å². The second-order valence-corrected chi connectivity index (χ2v) is 6.90. The Morgan fingerprint density at radius 1 is 1.38 bits per heavy atom. The summed E-state index contributed by atoms with van der Waals surface area (Å²) >= 11 is 1.33. The number of nitrogens with one attached hydrogen (secondary N) is 1. The molecule has 0 spiro atoms. The van der Waals surface area contributed by atoms with Gasteiger partial charge in [-0.05, 0) is 25.0 Å². The van der Waals surface area contributed by atoms with E-state index in [9.17, 15) is 4.79 Å². The lowest BCUT2D eigenvalue weighted by molar-refractivity contribution is 0.0933. The van der Waals surface area contributed by atoms with Crippen LogP contribution in [0, 0.1) is 0 Å². The molecule has 0 radical (unpaired) electrons. The summed E-state index contributed by atoms with van der Waals surface area (Å²) in [4.78, 5) is 24.2. The number of anilines is 1. The maximum absolute atomic E-state index is 12.5. The molecule has 4 heterocycles. The fraction of sp³-hybridized carbons (Fsp3) is 0.375.